The Morgan fingerprint density at radius 1 is 0.328 bits per heavy atom. The molecule has 0 amide bonds. The van der Waals surface area contributed by atoms with Crippen LogP contribution in [-0.4, -0.2) is 0 Å². The third kappa shape index (κ3) is 6.98. The summed E-state index contributed by atoms with van der Waals surface area (Å²) in [5, 5.41) is 8.40. The molecule has 0 radical (unpaired) electrons. The molecule has 0 aliphatic carbocycles. The Bertz CT molecular complexity index is 3290. The Hall–Kier alpha value is -8.14. The lowest BCUT2D eigenvalue weighted by Gasteiger charge is -2.26. The van der Waals surface area contributed by atoms with Gasteiger partial charge in [-0.05, 0) is 111 Å². The van der Waals surface area contributed by atoms with Crippen LogP contribution in [0.2, 0.25) is 0 Å². The van der Waals surface area contributed by atoms with Crippen LogP contribution in [0.1, 0.15) is 0 Å². The van der Waals surface area contributed by atoms with E-state index in [0.717, 1.165) is 72.6 Å². The molecule has 10 aromatic carbocycles. The number of hydrogen-bond acceptors (Lipinski definition) is 3. The molecule has 1 N–H and O–H groups in total. The van der Waals surface area contributed by atoms with Crippen LogP contribution in [0.25, 0.3) is 77.2 Å². The number of hydrogen-bond donors (Lipinski definition) is 1. The van der Waals surface area contributed by atoms with E-state index >= 15 is 0 Å². The van der Waals surface area contributed by atoms with Crippen LogP contribution in [0.3, 0.4) is 0 Å². The molecule has 1 aromatic heterocycles. The van der Waals surface area contributed by atoms with Gasteiger partial charge in [0.15, 0.2) is 0 Å². The van der Waals surface area contributed by atoms with E-state index in [1.54, 1.807) is 0 Å². The highest BCUT2D eigenvalue weighted by atomic mass is 16.3. The van der Waals surface area contributed by atoms with Gasteiger partial charge in [-0.25, -0.2) is 0 Å². The average Bonchev–Trinajstić information content (AvgIpc) is 3.72. The maximum absolute atomic E-state index is 6.41. The Balaban J connectivity index is 0.912. The first-order valence-corrected chi connectivity index (χ1v) is 20.7. The van der Waals surface area contributed by atoms with Gasteiger partial charge in [0.05, 0.1) is 0 Å². The van der Waals surface area contributed by atoms with Crippen LogP contribution < -0.4 is 10.2 Å². The Morgan fingerprint density at radius 3 is 1.56 bits per heavy atom. The molecule has 0 aliphatic rings. The molecule has 0 aliphatic heterocycles. The molecule has 11 rings (SSSR count). The fourth-order valence-corrected chi connectivity index (χ4v) is 8.55. The first-order chi connectivity index (χ1) is 30.2. The van der Waals surface area contributed by atoms with Gasteiger partial charge in [0, 0.05) is 50.3 Å². The molecule has 3 nitrogen and oxygen atoms in total. The SMILES string of the molecule is c1ccc(-c2ccccc2Nc2ccc(-c3ccc(N(c4ccc(-c5ccc6ccccc6c5)cc4)c4ccc(-c5cccc6c5oc5ccccc56)cc4)cc3)cc2)cc1. The largest absolute Gasteiger partial charge is 0.455 e. The molecular weight excluding hydrogens is 741 g/mol. The molecule has 0 spiro atoms. The maximum atomic E-state index is 6.41. The number of nitrogens with zero attached hydrogens (tertiary/aromatic N) is 1. The minimum Gasteiger partial charge on any atom is -0.455 e. The molecule has 0 saturated carbocycles. The van der Waals surface area contributed by atoms with E-state index in [2.05, 4.69) is 235 Å². The second kappa shape index (κ2) is 15.6. The summed E-state index contributed by atoms with van der Waals surface area (Å²) in [7, 11) is 0. The van der Waals surface area contributed by atoms with Crippen molar-refractivity contribution in [1.29, 1.82) is 0 Å². The van der Waals surface area contributed by atoms with Crippen molar-refractivity contribution in [1.82, 2.24) is 0 Å². The number of fused-ring (bicyclic) bond motifs is 4. The molecule has 11 aromatic rings. The van der Waals surface area contributed by atoms with Crippen molar-refractivity contribution in [3.8, 4) is 44.5 Å². The number of benzene rings is 10. The summed E-state index contributed by atoms with van der Waals surface area (Å²) in [6.45, 7) is 0. The molecule has 0 atom stereocenters. The standard InChI is InChI=1S/C58H40N2O/c1-2-12-44(13-3-1)52-15-6-8-19-56(52)59-48-31-23-41(24-32-48)42-25-33-49(34-26-42)60(50-35-27-43(28-36-50)47-22-21-40-11-4-5-14-46(40)39-47)51-37-29-45(30-38-51)53-17-10-18-55-54-16-7-9-20-57(54)61-58(53)55/h1-39,59H. The van der Waals surface area contributed by atoms with Gasteiger partial charge in [0.25, 0.3) is 0 Å². The molecule has 3 heteroatoms. The molecule has 0 bridgehead atoms. The lowest BCUT2D eigenvalue weighted by Crippen LogP contribution is -2.09. The highest BCUT2D eigenvalue weighted by Crippen LogP contribution is 2.40. The van der Waals surface area contributed by atoms with E-state index in [1.807, 2.05) is 12.1 Å². The van der Waals surface area contributed by atoms with Crippen molar-refractivity contribution in [3.05, 3.63) is 237 Å². The quantitative estimate of drug-likeness (QED) is 0.158. The van der Waals surface area contributed by atoms with Crippen LogP contribution >= 0.6 is 0 Å². The number of para-hydroxylation sites is 3. The monoisotopic (exact) mass is 780 g/mol. The molecule has 61 heavy (non-hydrogen) atoms. The van der Waals surface area contributed by atoms with Gasteiger partial charge in [-0.3, -0.25) is 0 Å². The van der Waals surface area contributed by atoms with Crippen LogP contribution in [-0.2, 0) is 0 Å². The van der Waals surface area contributed by atoms with E-state index < -0.39 is 0 Å². The van der Waals surface area contributed by atoms with Gasteiger partial charge in [0.1, 0.15) is 11.2 Å². The topological polar surface area (TPSA) is 28.4 Å². The van der Waals surface area contributed by atoms with Crippen LogP contribution in [0.4, 0.5) is 28.4 Å². The van der Waals surface area contributed by atoms with Crippen molar-refractivity contribution in [2.45, 2.75) is 0 Å². The number of nitrogens with one attached hydrogen (secondary N) is 1. The van der Waals surface area contributed by atoms with Crippen molar-refractivity contribution in [3.63, 3.8) is 0 Å². The van der Waals surface area contributed by atoms with Crippen molar-refractivity contribution < 1.29 is 4.42 Å². The highest BCUT2D eigenvalue weighted by molar-refractivity contribution is 6.09. The Labute approximate surface area is 355 Å². The molecule has 0 unspecified atom stereocenters. The van der Waals surface area contributed by atoms with E-state index in [-0.39, 0.29) is 0 Å². The van der Waals surface area contributed by atoms with Gasteiger partial charge < -0.3 is 14.6 Å². The van der Waals surface area contributed by atoms with Crippen molar-refractivity contribution >= 4 is 61.1 Å². The Kier molecular flexibility index (Phi) is 9.18. The zero-order chi connectivity index (χ0) is 40.5. The second-order valence-electron chi connectivity index (χ2n) is 15.4. The summed E-state index contributed by atoms with van der Waals surface area (Å²) < 4.78 is 6.41. The average molecular weight is 781 g/mol. The van der Waals surface area contributed by atoms with E-state index in [1.165, 1.54) is 33.0 Å². The van der Waals surface area contributed by atoms with E-state index in [4.69, 9.17) is 4.42 Å². The Morgan fingerprint density at radius 2 is 0.836 bits per heavy atom. The van der Waals surface area contributed by atoms with Crippen LogP contribution in [0.5, 0.6) is 0 Å². The zero-order valence-electron chi connectivity index (χ0n) is 33.4. The van der Waals surface area contributed by atoms with E-state index in [9.17, 15) is 0 Å². The lowest BCUT2D eigenvalue weighted by molar-refractivity contribution is 0.670. The van der Waals surface area contributed by atoms with Gasteiger partial charge in [-0.15, -0.1) is 0 Å². The summed E-state index contributed by atoms with van der Waals surface area (Å²) in [4.78, 5) is 2.33. The summed E-state index contributed by atoms with van der Waals surface area (Å²) in [5.41, 5.74) is 16.4. The van der Waals surface area contributed by atoms with Crippen molar-refractivity contribution in [2.75, 3.05) is 10.2 Å². The van der Waals surface area contributed by atoms with Crippen LogP contribution in [0.15, 0.2) is 241 Å². The fraction of sp³-hybridized carbons (Fsp3) is 0. The number of anilines is 5. The zero-order valence-corrected chi connectivity index (χ0v) is 33.4. The molecular formula is C58H40N2O. The molecule has 0 saturated heterocycles. The summed E-state index contributed by atoms with van der Waals surface area (Å²) in [5.74, 6) is 0. The first kappa shape index (κ1) is 36.0. The van der Waals surface area contributed by atoms with Gasteiger partial charge >= 0.3 is 0 Å². The third-order valence-corrected chi connectivity index (χ3v) is 11.7. The minimum atomic E-state index is 0.903. The predicted molar refractivity (Wildman–Crippen MR) is 257 cm³/mol. The van der Waals surface area contributed by atoms with Gasteiger partial charge in [-0.2, -0.15) is 0 Å². The van der Waals surface area contributed by atoms with Crippen molar-refractivity contribution in [2.24, 2.45) is 0 Å². The summed E-state index contributed by atoms with van der Waals surface area (Å²) >= 11 is 0. The van der Waals surface area contributed by atoms with E-state index in [0.29, 0.717) is 0 Å². The highest BCUT2D eigenvalue weighted by Gasteiger charge is 2.16. The maximum Gasteiger partial charge on any atom is 0.143 e. The third-order valence-electron chi connectivity index (χ3n) is 11.7. The smallest absolute Gasteiger partial charge is 0.143 e. The number of furan rings is 1. The first-order valence-electron chi connectivity index (χ1n) is 20.7. The van der Waals surface area contributed by atoms with Gasteiger partial charge in [-0.1, -0.05) is 170 Å². The lowest BCUT2D eigenvalue weighted by atomic mass is 10.00. The predicted octanol–water partition coefficient (Wildman–Crippen LogP) is 16.6. The van der Waals surface area contributed by atoms with Gasteiger partial charge in [0.2, 0.25) is 0 Å². The second-order valence-corrected chi connectivity index (χ2v) is 15.4. The van der Waals surface area contributed by atoms with Crippen LogP contribution in [0, 0.1) is 0 Å². The molecule has 0 fully saturated rings. The summed E-state index contributed by atoms with van der Waals surface area (Å²) in [6, 6.07) is 84.1. The normalized spacial score (nSPS) is 11.3. The summed E-state index contributed by atoms with van der Waals surface area (Å²) in [6.07, 6.45) is 0. The number of rotatable bonds is 9. The fourth-order valence-electron chi connectivity index (χ4n) is 8.55. The molecule has 1 heterocycles. The minimum absolute atomic E-state index is 0.903. The molecule has 288 valence electrons.